The first-order valence-corrected chi connectivity index (χ1v) is 10.9. The molecule has 0 saturated heterocycles. The van der Waals surface area contributed by atoms with Crippen LogP contribution in [0.25, 0.3) is 0 Å². The summed E-state index contributed by atoms with van der Waals surface area (Å²) in [6.07, 6.45) is 3.48. The van der Waals surface area contributed by atoms with Gasteiger partial charge in [-0.3, -0.25) is 4.79 Å². The first-order chi connectivity index (χ1) is 9.34. The van der Waals surface area contributed by atoms with E-state index < -0.39 is 8.07 Å². The number of amides is 1. The molecule has 0 aliphatic carbocycles. The van der Waals surface area contributed by atoms with Crippen molar-refractivity contribution in [3.05, 3.63) is 48.6 Å². The smallest absolute Gasteiger partial charge is 0.220 e. The van der Waals surface area contributed by atoms with E-state index in [0.717, 1.165) is 12.0 Å². The van der Waals surface area contributed by atoms with Crippen molar-refractivity contribution < 1.29 is 4.79 Å². The zero-order chi connectivity index (χ0) is 15.2. The molecule has 2 unspecified atom stereocenters. The number of carbonyl (C=O) groups is 1. The van der Waals surface area contributed by atoms with E-state index in [0.29, 0.717) is 12.0 Å². The third kappa shape index (κ3) is 5.33. The van der Waals surface area contributed by atoms with Crippen LogP contribution in [0.3, 0.4) is 0 Å². The highest BCUT2D eigenvalue weighted by Gasteiger charge is 2.27. The molecular formula is C17H27NOSi. The molecule has 2 atom stereocenters. The van der Waals surface area contributed by atoms with Gasteiger partial charge in [0.15, 0.2) is 0 Å². The zero-order valence-electron chi connectivity index (χ0n) is 13.1. The minimum absolute atomic E-state index is 0.0646. The monoisotopic (exact) mass is 289 g/mol. The zero-order valence-corrected chi connectivity index (χ0v) is 14.1. The molecule has 0 spiro atoms. The van der Waals surface area contributed by atoms with E-state index >= 15 is 0 Å². The van der Waals surface area contributed by atoms with Gasteiger partial charge in [-0.2, -0.15) is 0 Å². The summed E-state index contributed by atoms with van der Waals surface area (Å²) in [7, 11) is -1.33. The number of allylic oxidation sites excluding steroid dienone is 1. The molecule has 1 N–H and O–H groups in total. The van der Waals surface area contributed by atoms with Crippen molar-refractivity contribution in [3.63, 3.8) is 0 Å². The van der Waals surface area contributed by atoms with Crippen LogP contribution < -0.4 is 5.32 Å². The van der Waals surface area contributed by atoms with Crippen LogP contribution >= 0.6 is 0 Å². The Hall–Kier alpha value is -1.35. The Morgan fingerprint density at radius 3 is 2.40 bits per heavy atom. The van der Waals surface area contributed by atoms with Crippen molar-refractivity contribution in [1.29, 1.82) is 0 Å². The second-order valence-electron chi connectivity index (χ2n) is 6.49. The fourth-order valence-electron chi connectivity index (χ4n) is 2.29. The van der Waals surface area contributed by atoms with E-state index in [1.807, 2.05) is 43.3 Å². The van der Waals surface area contributed by atoms with Gasteiger partial charge in [-0.1, -0.05) is 56.0 Å². The molecule has 3 heteroatoms. The third-order valence-electron chi connectivity index (χ3n) is 3.78. The number of rotatable bonds is 7. The van der Waals surface area contributed by atoms with Gasteiger partial charge in [-0.15, -0.1) is 6.58 Å². The first kappa shape index (κ1) is 16.7. The lowest BCUT2D eigenvalue weighted by Crippen LogP contribution is -2.34. The molecule has 0 fully saturated rings. The molecule has 110 valence electrons. The maximum absolute atomic E-state index is 12.2. The Morgan fingerprint density at radius 2 is 1.90 bits per heavy atom. The molecule has 0 radical (unpaired) electrons. The lowest BCUT2D eigenvalue weighted by Gasteiger charge is -2.28. The van der Waals surface area contributed by atoms with Gasteiger partial charge in [0.2, 0.25) is 5.91 Å². The molecule has 1 amide bonds. The number of carbonyl (C=O) groups excluding carboxylic acids is 1. The van der Waals surface area contributed by atoms with E-state index in [1.165, 1.54) is 0 Å². The molecule has 0 saturated carbocycles. The predicted molar refractivity (Wildman–Crippen MR) is 89.5 cm³/mol. The summed E-state index contributed by atoms with van der Waals surface area (Å²) in [5.41, 5.74) is 1.61. The van der Waals surface area contributed by atoms with Gasteiger partial charge < -0.3 is 5.32 Å². The van der Waals surface area contributed by atoms with Crippen molar-refractivity contribution in [1.82, 2.24) is 5.32 Å². The molecule has 0 aromatic heterocycles. The average Bonchev–Trinajstić information content (AvgIpc) is 2.38. The fraction of sp³-hybridized carbons (Fsp3) is 0.471. The minimum atomic E-state index is -1.33. The lowest BCUT2D eigenvalue weighted by atomic mass is 10.1. The van der Waals surface area contributed by atoms with Crippen molar-refractivity contribution in [3.8, 4) is 0 Å². The van der Waals surface area contributed by atoms with Crippen LogP contribution in [-0.2, 0) is 4.79 Å². The van der Waals surface area contributed by atoms with Crippen molar-refractivity contribution in [2.75, 3.05) is 0 Å². The van der Waals surface area contributed by atoms with Crippen molar-refractivity contribution in [2.24, 2.45) is 0 Å². The molecule has 1 rings (SSSR count). The van der Waals surface area contributed by atoms with Crippen LogP contribution in [0.4, 0.5) is 0 Å². The summed E-state index contributed by atoms with van der Waals surface area (Å²) in [5, 5.41) is 3.11. The van der Waals surface area contributed by atoms with Gasteiger partial charge in [-0.05, 0) is 24.4 Å². The Balaban J connectivity index is 2.60. The maximum atomic E-state index is 12.2. The number of hydrogen-bond acceptors (Lipinski definition) is 1. The first-order valence-electron chi connectivity index (χ1n) is 7.29. The Kier molecular flexibility index (Phi) is 6.21. The summed E-state index contributed by atoms with van der Waals surface area (Å²) >= 11 is 0. The molecule has 0 aliphatic rings. The lowest BCUT2D eigenvalue weighted by molar-refractivity contribution is -0.121. The number of hydrogen-bond donors (Lipinski definition) is 1. The highest BCUT2D eigenvalue weighted by molar-refractivity contribution is 6.77. The fourth-order valence-corrected chi connectivity index (χ4v) is 3.97. The predicted octanol–water partition coefficient (Wildman–Crippen LogP) is 4.54. The topological polar surface area (TPSA) is 29.1 Å². The molecular weight excluding hydrogens is 262 g/mol. The summed E-state index contributed by atoms with van der Waals surface area (Å²) < 4.78 is 0. The third-order valence-corrected chi connectivity index (χ3v) is 6.67. The standard InChI is InChI=1S/C17H27NOSi/c1-6-10-16(20(3,4)5)13-17(19)18-14(2)15-11-8-7-9-12-15/h6-9,11-12,14,16H,1,10,13H2,2-5H3,(H,18,19). The van der Waals surface area contributed by atoms with E-state index in [2.05, 4.69) is 31.5 Å². The van der Waals surface area contributed by atoms with Crippen LogP contribution in [-0.4, -0.2) is 14.0 Å². The molecule has 0 aliphatic heterocycles. The van der Waals surface area contributed by atoms with E-state index in [9.17, 15) is 4.79 Å². The van der Waals surface area contributed by atoms with Crippen LogP contribution in [0, 0.1) is 0 Å². The Morgan fingerprint density at radius 1 is 1.30 bits per heavy atom. The summed E-state index contributed by atoms with van der Waals surface area (Å²) in [4.78, 5) is 12.2. The highest BCUT2D eigenvalue weighted by Crippen LogP contribution is 2.29. The molecule has 20 heavy (non-hydrogen) atoms. The second kappa shape index (κ2) is 7.43. The number of benzene rings is 1. The molecule has 2 nitrogen and oxygen atoms in total. The van der Waals surface area contributed by atoms with Gasteiger partial charge in [-0.25, -0.2) is 0 Å². The second-order valence-corrected chi connectivity index (χ2v) is 12.0. The van der Waals surface area contributed by atoms with Crippen LogP contribution in [0.5, 0.6) is 0 Å². The van der Waals surface area contributed by atoms with Gasteiger partial charge in [0.1, 0.15) is 0 Å². The highest BCUT2D eigenvalue weighted by atomic mass is 28.3. The van der Waals surface area contributed by atoms with Gasteiger partial charge in [0, 0.05) is 14.5 Å². The van der Waals surface area contributed by atoms with Gasteiger partial charge in [0.05, 0.1) is 6.04 Å². The van der Waals surface area contributed by atoms with Crippen molar-refractivity contribution >= 4 is 14.0 Å². The normalized spacial score (nSPS) is 14.4. The molecule has 1 aromatic carbocycles. The summed E-state index contributed by atoms with van der Waals surface area (Å²) in [6, 6.07) is 10.1. The van der Waals surface area contributed by atoms with Crippen LogP contribution in [0.2, 0.25) is 25.2 Å². The summed E-state index contributed by atoms with van der Waals surface area (Å²) in [6.45, 7) is 12.8. The van der Waals surface area contributed by atoms with Crippen LogP contribution in [0.1, 0.15) is 31.4 Å². The molecule has 0 bridgehead atoms. The van der Waals surface area contributed by atoms with Gasteiger partial charge in [0.25, 0.3) is 0 Å². The molecule has 0 heterocycles. The van der Waals surface area contributed by atoms with Crippen LogP contribution in [0.15, 0.2) is 43.0 Å². The SMILES string of the molecule is C=CCC(CC(=O)NC(C)c1ccccc1)[Si](C)(C)C. The molecule has 1 aromatic rings. The van der Waals surface area contributed by atoms with E-state index in [-0.39, 0.29) is 11.9 Å². The Labute approximate surface area is 124 Å². The van der Waals surface area contributed by atoms with Crippen molar-refractivity contribution in [2.45, 2.75) is 51.0 Å². The number of nitrogens with one attached hydrogen (secondary N) is 1. The maximum Gasteiger partial charge on any atom is 0.220 e. The van der Waals surface area contributed by atoms with Gasteiger partial charge >= 0.3 is 0 Å². The minimum Gasteiger partial charge on any atom is -0.350 e. The Bertz CT molecular complexity index is 436. The van der Waals surface area contributed by atoms with E-state index in [1.54, 1.807) is 0 Å². The largest absolute Gasteiger partial charge is 0.350 e. The van der Waals surface area contributed by atoms with E-state index in [4.69, 9.17) is 0 Å². The average molecular weight is 289 g/mol. The quantitative estimate of drug-likeness (QED) is 0.579. The summed E-state index contributed by atoms with van der Waals surface area (Å²) in [5.74, 6) is 0.149.